The average Bonchev–Trinajstić information content (AvgIpc) is 1.41. The number of esters is 2. The van der Waals surface area contributed by atoms with Crippen molar-refractivity contribution in [3.63, 3.8) is 0 Å². The summed E-state index contributed by atoms with van der Waals surface area (Å²) in [7, 11) is 0. The van der Waals surface area contributed by atoms with Crippen molar-refractivity contribution in [3.8, 4) is 68.2 Å². The third kappa shape index (κ3) is 14.5. The monoisotopic (exact) mass is 1110 g/mol. The third-order valence-corrected chi connectivity index (χ3v) is 13.6. The summed E-state index contributed by atoms with van der Waals surface area (Å²) in [6.07, 6.45) is 0. The summed E-state index contributed by atoms with van der Waals surface area (Å²) in [5, 5.41) is 0. The molecule has 0 heterocycles. The zero-order chi connectivity index (χ0) is 57.1. The maximum absolute atomic E-state index is 15.1. The van der Waals surface area contributed by atoms with Crippen LogP contribution in [0.25, 0.3) is 22.3 Å². The highest BCUT2D eigenvalue weighted by Gasteiger charge is 2.34. The van der Waals surface area contributed by atoms with Crippen LogP contribution in [0, 0.1) is 0 Å². The molecular weight excluding hydrogens is 1050 g/mol. The van der Waals surface area contributed by atoms with Gasteiger partial charge in [0.25, 0.3) is 0 Å². The summed E-state index contributed by atoms with van der Waals surface area (Å²) in [4.78, 5) is 30.1. The molecule has 0 aliphatic rings. The maximum Gasteiger partial charge on any atom is 0.343 e. The van der Waals surface area contributed by atoms with E-state index in [0.717, 1.165) is 33.4 Å². The molecular formula is C74H58O10. The topological polar surface area (TPSA) is 108 Å². The molecule has 0 aromatic heterocycles. The van der Waals surface area contributed by atoms with E-state index >= 15 is 9.59 Å². The van der Waals surface area contributed by atoms with E-state index in [2.05, 4.69) is 0 Å². The Kier molecular flexibility index (Phi) is 18.1. The van der Waals surface area contributed by atoms with Gasteiger partial charge in [0, 0.05) is 0 Å². The van der Waals surface area contributed by atoms with Crippen molar-refractivity contribution in [3.05, 3.63) is 324 Å². The van der Waals surface area contributed by atoms with Crippen LogP contribution in [0.1, 0.15) is 54.1 Å². The lowest BCUT2D eigenvalue weighted by atomic mass is 9.94. The van der Waals surface area contributed by atoms with Crippen LogP contribution >= 0.6 is 0 Å². The van der Waals surface area contributed by atoms with Gasteiger partial charge < -0.3 is 37.9 Å². The fourth-order valence-corrected chi connectivity index (χ4v) is 9.19. The van der Waals surface area contributed by atoms with E-state index in [1.807, 2.05) is 231 Å². The highest BCUT2D eigenvalue weighted by molar-refractivity contribution is 6.00. The normalized spacial score (nSPS) is 10.8. The van der Waals surface area contributed by atoms with Crippen LogP contribution in [0.5, 0.6) is 46.0 Å². The van der Waals surface area contributed by atoms with Gasteiger partial charge in [-0.1, -0.05) is 206 Å². The number of carbonyl (C=O) groups is 2. The lowest BCUT2D eigenvalue weighted by molar-refractivity contribution is 0.0710. The van der Waals surface area contributed by atoms with Crippen molar-refractivity contribution in [1.29, 1.82) is 0 Å². The van der Waals surface area contributed by atoms with Gasteiger partial charge in [-0.3, -0.25) is 0 Å². The maximum atomic E-state index is 15.1. The van der Waals surface area contributed by atoms with E-state index in [4.69, 9.17) is 37.9 Å². The number of hydrogen-bond donors (Lipinski definition) is 0. The minimum absolute atomic E-state index is 0.000437. The molecule has 0 bridgehead atoms. The molecule has 10 heteroatoms. The van der Waals surface area contributed by atoms with Crippen molar-refractivity contribution in [2.45, 2.75) is 39.6 Å². The van der Waals surface area contributed by atoms with Gasteiger partial charge in [-0.25, -0.2) is 9.59 Å². The first-order valence-corrected chi connectivity index (χ1v) is 27.6. The Hall–Kier alpha value is -10.8. The largest absolute Gasteiger partial charge is 0.489 e. The predicted octanol–water partition coefficient (Wildman–Crippen LogP) is 16.9. The van der Waals surface area contributed by atoms with E-state index < -0.39 is 11.9 Å². The smallest absolute Gasteiger partial charge is 0.343 e. The molecule has 414 valence electrons. The molecule has 10 nitrogen and oxygen atoms in total. The molecule has 84 heavy (non-hydrogen) atoms. The minimum atomic E-state index is -0.706. The Labute approximate surface area is 488 Å². The number of hydrogen-bond acceptors (Lipinski definition) is 10. The van der Waals surface area contributed by atoms with E-state index in [1.54, 1.807) is 48.5 Å². The van der Waals surface area contributed by atoms with Gasteiger partial charge in [-0.2, -0.15) is 0 Å². The van der Waals surface area contributed by atoms with Gasteiger partial charge in [0.1, 0.15) is 62.6 Å². The van der Waals surface area contributed by atoms with E-state index in [1.165, 1.54) is 0 Å². The standard InChI is InChI=1S/C74H58O10/c75-73(61-35-43-65(44-36-61)79-49-55-23-11-3-12-24-55)83-71-67(59-31-39-63(40-32-59)77-47-53-19-7-1-8-20-53)69(81-51-57-27-15-5-16-28-57)72(84-74(76)62-37-45-66(46-38-62)80-50-56-25-13-4-14-26-56)68(70(71)82-52-58-29-17-6-18-30-58)60-33-41-64(42-34-60)78-48-54-21-9-2-10-22-54/h1-46H,47-52H2. The Morgan fingerprint density at radius 2 is 0.440 bits per heavy atom. The number of benzene rings is 11. The fraction of sp³-hybridized carbons (Fsp3) is 0.0811. The van der Waals surface area contributed by atoms with Crippen molar-refractivity contribution < 1.29 is 47.5 Å². The molecule has 0 aliphatic heterocycles. The summed E-state index contributed by atoms with van der Waals surface area (Å²) in [6.45, 7) is 1.36. The van der Waals surface area contributed by atoms with Gasteiger partial charge in [-0.05, 0) is 117 Å². The molecule has 0 saturated heterocycles. The molecule has 11 rings (SSSR count). The zero-order valence-electron chi connectivity index (χ0n) is 45.9. The second-order valence-electron chi connectivity index (χ2n) is 19.6. The average molecular weight is 1110 g/mol. The lowest BCUT2D eigenvalue weighted by Crippen LogP contribution is -2.15. The van der Waals surface area contributed by atoms with E-state index in [9.17, 15) is 0 Å². The van der Waals surface area contributed by atoms with Crippen molar-refractivity contribution in [1.82, 2.24) is 0 Å². The minimum Gasteiger partial charge on any atom is -0.489 e. The van der Waals surface area contributed by atoms with Gasteiger partial charge in [0.2, 0.25) is 0 Å². The Balaban J connectivity index is 1.08. The van der Waals surface area contributed by atoms with Crippen LogP contribution in [0.4, 0.5) is 0 Å². The highest BCUT2D eigenvalue weighted by atomic mass is 16.6. The van der Waals surface area contributed by atoms with Gasteiger partial charge >= 0.3 is 11.9 Å². The van der Waals surface area contributed by atoms with Crippen LogP contribution in [0.3, 0.4) is 0 Å². The number of carbonyl (C=O) groups excluding carboxylic acids is 2. The summed E-state index contributed by atoms with van der Waals surface area (Å²) in [5.74, 6) is 1.06. The summed E-state index contributed by atoms with van der Waals surface area (Å²) >= 11 is 0. The van der Waals surface area contributed by atoms with Crippen LogP contribution < -0.4 is 37.9 Å². The van der Waals surface area contributed by atoms with E-state index in [0.29, 0.717) is 60.6 Å². The molecule has 0 radical (unpaired) electrons. The zero-order valence-corrected chi connectivity index (χ0v) is 45.9. The predicted molar refractivity (Wildman–Crippen MR) is 325 cm³/mol. The first-order chi connectivity index (χ1) is 41.5. The van der Waals surface area contributed by atoms with Crippen molar-refractivity contribution in [2.75, 3.05) is 0 Å². The molecule has 0 saturated carbocycles. The Morgan fingerprint density at radius 3 is 0.679 bits per heavy atom. The fourth-order valence-electron chi connectivity index (χ4n) is 9.19. The highest BCUT2D eigenvalue weighted by Crippen LogP contribution is 2.58. The van der Waals surface area contributed by atoms with Gasteiger partial charge in [-0.15, -0.1) is 0 Å². The van der Waals surface area contributed by atoms with Crippen LogP contribution in [0.2, 0.25) is 0 Å². The first-order valence-electron chi connectivity index (χ1n) is 27.6. The molecule has 11 aromatic carbocycles. The van der Waals surface area contributed by atoms with Crippen LogP contribution in [0.15, 0.2) is 279 Å². The second-order valence-corrected chi connectivity index (χ2v) is 19.6. The number of rotatable bonds is 24. The molecule has 0 N–H and O–H groups in total. The van der Waals surface area contributed by atoms with Crippen molar-refractivity contribution >= 4 is 11.9 Å². The quantitative estimate of drug-likeness (QED) is 0.0429. The molecule has 0 fully saturated rings. The molecule has 0 amide bonds. The van der Waals surface area contributed by atoms with Crippen molar-refractivity contribution in [2.24, 2.45) is 0 Å². The SMILES string of the molecule is O=C(Oc1c(OCc2ccccc2)c(-c2ccc(OCc3ccccc3)cc2)c(OC(=O)c2ccc(OCc3ccccc3)cc2)c(OCc2ccccc2)c1-c1ccc(OCc2ccccc2)cc1)c1ccc(OCc2ccccc2)cc1. The lowest BCUT2D eigenvalue weighted by Gasteiger charge is -2.26. The molecule has 11 aromatic rings. The van der Waals surface area contributed by atoms with Gasteiger partial charge in [0.05, 0.1) is 22.3 Å². The Morgan fingerprint density at radius 1 is 0.226 bits per heavy atom. The summed E-state index contributed by atoms with van der Waals surface area (Å²) in [6, 6.07) is 86.9. The van der Waals surface area contributed by atoms with Crippen LogP contribution in [-0.2, 0) is 39.6 Å². The third-order valence-electron chi connectivity index (χ3n) is 13.6. The summed E-state index contributed by atoms with van der Waals surface area (Å²) < 4.78 is 52.5. The second kappa shape index (κ2) is 27.6. The van der Waals surface area contributed by atoms with E-state index in [-0.39, 0.29) is 58.5 Å². The van der Waals surface area contributed by atoms with Gasteiger partial charge in [0.15, 0.2) is 23.0 Å². The molecule has 0 spiro atoms. The number of ether oxygens (including phenoxy) is 8. The molecule has 0 aliphatic carbocycles. The summed E-state index contributed by atoms with van der Waals surface area (Å²) in [5.41, 5.74) is 7.65. The van der Waals surface area contributed by atoms with Crippen LogP contribution in [-0.4, -0.2) is 11.9 Å². The molecule has 0 atom stereocenters. The Bertz CT molecular complexity index is 3610. The molecule has 0 unspecified atom stereocenters. The first kappa shape index (κ1) is 55.1.